The predicted molar refractivity (Wildman–Crippen MR) is 93.9 cm³/mol. The standard InChI is InChI=1S/C18H19N5O2/c1-12-3-2-4-23(12)10-18(24)22-17-6-13-5-14(16-9-19-11-25-16)7-20-15(13)8-21-17/h5-9,11-12H,2-4,10H2,1H3,(H,21,22,24)/t12-/m1/s1. The summed E-state index contributed by atoms with van der Waals surface area (Å²) in [6, 6.07) is 4.24. The molecule has 0 radical (unpaired) electrons. The highest BCUT2D eigenvalue weighted by Gasteiger charge is 2.22. The van der Waals surface area contributed by atoms with Crippen molar-refractivity contribution in [3.8, 4) is 11.3 Å². The molecule has 1 N–H and O–H groups in total. The fraction of sp³-hybridized carbons (Fsp3) is 0.333. The third-order valence-electron chi connectivity index (χ3n) is 4.59. The van der Waals surface area contributed by atoms with E-state index in [1.54, 1.807) is 18.6 Å². The summed E-state index contributed by atoms with van der Waals surface area (Å²) >= 11 is 0. The summed E-state index contributed by atoms with van der Waals surface area (Å²) in [5.74, 6) is 1.14. The summed E-state index contributed by atoms with van der Waals surface area (Å²) in [5, 5.41) is 3.76. The minimum absolute atomic E-state index is 0.0417. The number of rotatable bonds is 4. The first-order valence-electron chi connectivity index (χ1n) is 8.37. The molecule has 0 saturated carbocycles. The van der Waals surface area contributed by atoms with Crippen LogP contribution in [0.5, 0.6) is 0 Å². The molecule has 25 heavy (non-hydrogen) atoms. The van der Waals surface area contributed by atoms with Gasteiger partial charge in [0.25, 0.3) is 0 Å². The third-order valence-corrected chi connectivity index (χ3v) is 4.59. The second-order valence-corrected chi connectivity index (χ2v) is 6.36. The van der Waals surface area contributed by atoms with Gasteiger partial charge in [0.05, 0.1) is 24.5 Å². The number of pyridine rings is 2. The number of anilines is 1. The maximum absolute atomic E-state index is 12.3. The fourth-order valence-electron chi connectivity index (χ4n) is 3.19. The van der Waals surface area contributed by atoms with Gasteiger partial charge >= 0.3 is 0 Å². The number of oxazole rings is 1. The number of hydrogen-bond acceptors (Lipinski definition) is 6. The molecular formula is C18H19N5O2. The van der Waals surface area contributed by atoms with E-state index in [2.05, 4.69) is 32.1 Å². The molecule has 0 unspecified atom stereocenters. The van der Waals surface area contributed by atoms with Gasteiger partial charge in [-0.1, -0.05) is 0 Å². The summed E-state index contributed by atoms with van der Waals surface area (Å²) in [7, 11) is 0. The van der Waals surface area contributed by atoms with Crippen LogP contribution in [-0.4, -0.2) is 44.9 Å². The molecule has 1 aliphatic heterocycles. The Bertz CT molecular complexity index is 894. The van der Waals surface area contributed by atoms with E-state index in [0.29, 0.717) is 24.2 Å². The Kier molecular flexibility index (Phi) is 4.15. The summed E-state index contributed by atoms with van der Waals surface area (Å²) in [4.78, 5) is 27.1. The minimum Gasteiger partial charge on any atom is -0.443 e. The van der Waals surface area contributed by atoms with Crippen molar-refractivity contribution >= 4 is 22.6 Å². The Morgan fingerprint density at radius 2 is 2.24 bits per heavy atom. The highest BCUT2D eigenvalue weighted by atomic mass is 16.3. The monoisotopic (exact) mass is 337 g/mol. The topological polar surface area (TPSA) is 84.2 Å². The number of nitrogens with one attached hydrogen (secondary N) is 1. The number of carbonyl (C=O) groups is 1. The van der Waals surface area contributed by atoms with Crippen molar-refractivity contribution in [1.82, 2.24) is 19.9 Å². The smallest absolute Gasteiger partial charge is 0.239 e. The highest BCUT2D eigenvalue weighted by Crippen LogP contribution is 2.23. The summed E-state index contributed by atoms with van der Waals surface area (Å²) in [5.41, 5.74) is 1.59. The second-order valence-electron chi connectivity index (χ2n) is 6.36. The van der Waals surface area contributed by atoms with Crippen molar-refractivity contribution in [2.24, 2.45) is 0 Å². The molecular weight excluding hydrogens is 318 g/mol. The number of carbonyl (C=O) groups excluding carboxylic acids is 1. The van der Waals surface area contributed by atoms with E-state index in [1.807, 2.05) is 12.1 Å². The fourth-order valence-corrected chi connectivity index (χ4v) is 3.19. The van der Waals surface area contributed by atoms with Crippen molar-refractivity contribution in [3.63, 3.8) is 0 Å². The predicted octanol–water partition coefficient (Wildman–Crippen LogP) is 2.71. The first-order valence-corrected chi connectivity index (χ1v) is 8.37. The number of nitrogens with zero attached hydrogens (tertiary/aromatic N) is 4. The van der Waals surface area contributed by atoms with Crippen LogP contribution < -0.4 is 5.32 Å². The Balaban J connectivity index is 1.52. The maximum Gasteiger partial charge on any atom is 0.239 e. The Hall–Kier alpha value is -2.80. The molecule has 1 amide bonds. The molecule has 3 aromatic rings. The number of fused-ring (bicyclic) bond motifs is 1. The maximum atomic E-state index is 12.3. The lowest BCUT2D eigenvalue weighted by Gasteiger charge is -2.19. The van der Waals surface area contributed by atoms with Gasteiger partial charge in [-0.25, -0.2) is 9.97 Å². The zero-order valence-electron chi connectivity index (χ0n) is 14.0. The molecule has 7 heteroatoms. The third kappa shape index (κ3) is 3.36. The number of hydrogen-bond donors (Lipinski definition) is 1. The van der Waals surface area contributed by atoms with Crippen molar-refractivity contribution in [2.75, 3.05) is 18.4 Å². The Morgan fingerprint density at radius 1 is 1.32 bits per heavy atom. The number of aromatic nitrogens is 3. The van der Waals surface area contributed by atoms with Crippen LogP contribution in [0.1, 0.15) is 19.8 Å². The van der Waals surface area contributed by atoms with E-state index in [1.165, 1.54) is 6.39 Å². The van der Waals surface area contributed by atoms with Crippen LogP contribution in [0.3, 0.4) is 0 Å². The molecule has 7 nitrogen and oxygen atoms in total. The van der Waals surface area contributed by atoms with Gasteiger partial charge in [0.15, 0.2) is 12.2 Å². The lowest BCUT2D eigenvalue weighted by Crippen LogP contribution is -2.35. The van der Waals surface area contributed by atoms with E-state index in [9.17, 15) is 4.79 Å². The minimum atomic E-state index is -0.0417. The molecule has 1 fully saturated rings. The molecule has 3 aromatic heterocycles. The van der Waals surface area contributed by atoms with E-state index >= 15 is 0 Å². The molecule has 1 aliphatic rings. The molecule has 1 atom stereocenters. The van der Waals surface area contributed by atoms with Crippen molar-refractivity contribution in [3.05, 3.63) is 37.1 Å². The molecule has 0 spiro atoms. The molecule has 0 aromatic carbocycles. The molecule has 0 aliphatic carbocycles. The van der Waals surface area contributed by atoms with Crippen LogP contribution in [0.2, 0.25) is 0 Å². The van der Waals surface area contributed by atoms with Crippen molar-refractivity contribution in [1.29, 1.82) is 0 Å². The average molecular weight is 337 g/mol. The summed E-state index contributed by atoms with van der Waals surface area (Å²) < 4.78 is 5.31. The van der Waals surface area contributed by atoms with E-state index in [4.69, 9.17) is 4.42 Å². The van der Waals surface area contributed by atoms with Gasteiger partial charge < -0.3 is 9.73 Å². The number of likely N-dealkylation sites (tertiary alicyclic amines) is 1. The molecule has 0 bridgehead atoms. The Morgan fingerprint density at radius 3 is 3.00 bits per heavy atom. The average Bonchev–Trinajstić information content (AvgIpc) is 3.27. The van der Waals surface area contributed by atoms with E-state index < -0.39 is 0 Å². The molecule has 128 valence electrons. The zero-order valence-corrected chi connectivity index (χ0v) is 14.0. The largest absolute Gasteiger partial charge is 0.443 e. The van der Waals surface area contributed by atoms with Crippen molar-refractivity contribution < 1.29 is 9.21 Å². The van der Waals surface area contributed by atoms with Crippen LogP contribution in [0.4, 0.5) is 5.82 Å². The van der Waals surface area contributed by atoms with Crippen LogP contribution in [0.15, 0.2) is 41.5 Å². The first-order chi connectivity index (χ1) is 12.2. The SMILES string of the molecule is C[C@@H]1CCCN1CC(=O)Nc1cc2cc(-c3cnco3)cnc2cn1. The second kappa shape index (κ2) is 6.60. The van der Waals surface area contributed by atoms with Gasteiger partial charge in [-0.2, -0.15) is 0 Å². The van der Waals surface area contributed by atoms with Crippen molar-refractivity contribution in [2.45, 2.75) is 25.8 Å². The quantitative estimate of drug-likeness (QED) is 0.788. The van der Waals surface area contributed by atoms with Gasteiger partial charge in [0.2, 0.25) is 5.91 Å². The molecule has 1 saturated heterocycles. The molecule has 4 heterocycles. The Labute approximate surface area is 145 Å². The van der Waals surface area contributed by atoms with E-state index in [-0.39, 0.29) is 5.91 Å². The first kappa shape index (κ1) is 15.7. The summed E-state index contributed by atoms with van der Waals surface area (Å²) in [6.45, 7) is 3.53. The van der Waals surface area contributed by atoms with E-state index in [0.717, 1.165) is 35.9 Å². The van der Waals surface area contributed by atoms with Gasteiger partial charge in [-0.3, -0.25) is 14.7 Å². The highest BCUT2D eigenvalue weighted by molar-refractivity contribution is 5.93. The lowest BCUT2D eigenvalue weighted by atomic mass is 10.1. The van der Waals surface area contributed by atoms with Gasteiger partial charge in [-0.15, -0.1) is 0 Å². The van der Waals surface area contributed by atoms with Gasteiger partial charge in [0, 0.05) is 23.2 Å². The van der Waals surface area contributed by atoms with Gasteiger partial charge in [0.1, 0.15) is 5.82 Å². The lowest BCUT2D eigenvalue weighted by molar-refractivity contribution is -0.117. The van der Waals surface area contributed by atoms with Gasteiger partial charge in [-0.05, 0) is 38.4 Å². The normalized spacial score (nSPS) is 17.9. The number of amides is 1. The van der Waals surface area contributed by atoms with Crippen LogP contribution >= 0.6 is 0 Å². The van der Waals surface area contributed by atoms with Crippen LogP contribution in [0.25, 0.3) is 22.2 Å². The summed E-state index contributed by atoms with van der Waals surface area (Å²) in [6.07, 6.45) is 8.71. The zero-order chi connectivity index (χ0) is 17.2. The van der Waals surface area contributed by atoms with Crippen LogP contribution in [0, 0.1) is 0 Å². The molecule has 4 rings (SSSR count). The van der Waals surface area contributed by atoms with Crippen LogP contribution in [-0.2, 0) is 4.79 Å².